The van der Waals surface area contributed by atoms with Crippen molar-refractivity contribution in [2.45, 2.75) is 50.0 Å². The Labute approximate surface area is 121 Å². The Morgan fingerprint density at radius 2 is 2.00 bits per heavy atom. The molecule has 0 aromatic carbocycles. The molecule has 1 aliphatic carbocycles. The van der Waals surface area contributed by atoms with E-state index in [1.807, 2.05) is 0 Å². The summed E-state index contributed by atoms with van der Waals surface area (Å²) in [6.45, 7) is 4.33. The van der Waals surface area contributed by atoms with Crippen LogP contribution in [0, 0.1) is 5.92 Å². The lowest BCUT2D eigenvalue weighted by Crippen LogP contribution is -2.56. The van der Waals surface area contributed by atoms with Gasteiger partial charge in [0.25, 0.3) is 0 Å². The number of nitrogens with zero attached hydrogens (tertiary/aromatic N) is 1. The summed E-state index contributed by atoms with van der Waals surface area (Å²) in [4.78, 5) is 2.41. The van der Waals surface area contributed by atoms with Crippen LogP contribution in [0.2, 0.25) is 0 Å². The quantitative estimate of drug-likeness (QED) is 0.837. The predicted molar refractivity (Wildman–Crippen MR) is 76.4 cm³/mol. The molecule has 116 valence electrons. The minimum Gasteiger partial charge on any atom is -0.381 e. The van der Waals surface area contributed by atoms with Crippen molar-refractivity contribution in [1.29, 1.82) is 0 Å². The molecule has 0 aromatic heterocycles. The number of hydrogen-bond acceptors (Lipinski definition) is 5. The van der Waals surface area contributed by atoms with Gasteiger partial charge in [0.2, 0.25) is 0 Å². The lowest BCUT2D eigenvalue weighted by molar-refractivity contribution is -0.191. The molecule has 2 saturated heterocycles. The Balaban J connectivity index is 1.58. The molecule has 3 fully saturated rings. The van der Waals surface area contributed by atoms with Gasteiger partial charge in [0.1, 0.15) is 0 Å². The van der Waals surface area contributed by atoms with Gasteiger partial charge in [-0.15, -0.1) is 0 Å². The number of hydrogen-bond donors (Lipinski definition) is 1. The van der Waals surface area contributed by atoms with Crippen molar-refractivity contribution in [2.75, 3.05) is 40.0 Å². The van der Waals surface area contributed by atoms with Crippen LogP contribution in [0.5, 0.6) is 0 Å². The van der Waals surface area contributed by atoms with Gasteiger partial charge in [-0.3, -0.25) is 0 Å². The van der Waals surface area contributed by atoms with Crippen molar-refractivity contribution in [2.24, 2.45) is 11.7 Å². The van der Waals surface area contributed by atoms with Crippen LogP contribution in [0.1, 0.15) is 32.1 Å². The molecular formula is C15H28N2O3. The van der Waals surface area contributed by atoms with E-state index in [1.54, 1.807) is 0 Å². The van der Waals surface area contributed by atoms with Crippen LogP contribution in [0.4, 0.5) is 0 Å². The van der Waals surface area contributed by atoms with Gasteiger partial charge in [-0.1, -0.05) is 0 Å². The van der Waals surface area contributed by atoms with E-state index in [4.69, 9.17) is 19.9 Å². The van der Waals surface area contributed by atoms with Crippen LogP contribution in [0.25, 0.3) is 0 Å². The normalized spacial score (nSPS) is 37.6. The first-order valence-electron chi connectivity index (χ1n) is 8.00. The van der Waals surface area contributed by atoms with E-state index in [0.717, 1.165) is 52.2 Å². The summed E-state index contributed by atoms with van der Waals surface area (Å²) >= 11 is 0. The molecule has 5 nitrogen and oxygen atoms in total. The van der Waals surface area contributed by atoms with Gasteiger partial charge in [-0.25, -0.2) is 0 Å². The fraction of sp³-hybridized carbons (Fsp3) is 1.00. The van der Waals surface area contributed by atoms with Crippen molar-refractivity contribution in [3.8, 4) is 0 Å². The third-order valence-corrected chi connectivity index (χ3v) is 5.05. The third kappa shape index (κ3) is 3.17. The monoisotopic (exact) mass is 284 g/mol. The van der Waals surface area contributed by atoms with E-state index in [0.29, 0.717) is 12.0 Å². The topological polar surface area (TPSA) is 57.0 Å². The number of ether oxygens (including phenoxy) is 3. The van der Waals surface area contributed by atoms with Crippen LogP contribution in [-0.2, 0) is 14.2 Å². The van der Waals surface area contributed by atoms with E-state index in [-0.39, 0.29) is 11.8 Å². The average molecular weight is 284 g/mol. The van der Waals surface area contributed by atoms with Crippen molar-refractivity contribution >= 4 is 0 Å². The molecule has 0 radical (unpaired) electrons. The highest BCUT2D eigenvalue weighted by atomic mass is 16.7. The molecule has 2 N–H and O–H groups in total. The summed E-state index contributed by atoms with van der Waals surface area (Å²) in [6, 6.07) is 0.576. The first-order valence-corrected chi connectivity index (χ1v) is 8.00. The molecule has 1 saturated carbocycles. The fourth-order valence-corrected chi connectivity index (χ4v) is 3.89. The molecule has 3 atom stereocenters. The Morgan fingerprint density at radius 3 is 2.70 bits per heavy atom. The maximum atomic E-state index is 6.35. The van der Waals surface area contributed by atoms with Gasteiger partial charge >= 0.3 is 0 Å². The Kier molecular flexibility index (Phi) is 4.62. The molecule has 2 aliphatic heterocycles. The van der Waals surface area contributed by atoms with Gasteiger partial charge in [-0.05, 0) is 32.2 Å². The minimum atomic E-state index is -0.349. The summed E-state index contributed by atoms with van der Waals surface area (Å²) in [5, 5.41) is 0. The van der Waals surface area contributed by atoms with Gasteiger partial charge in [0.15, 0.2) is 5.79 Å². The average Bonchev–Trinajstić information content (AvgIpc) is 2.91. The zero-order chi connectivity index (χ0) is 14.0. The van der Waals surface area contributed by atoms with E-state index in [1.165, 1.54) is 12.8 Å². The maximum absolute atomic E-state index is 6.35. The highest BCUT2D eigenvalue weighted by Gasteiger charge is 2.45. The fourth-order valence-electron chi connectivity index (χ4n) is 3.89. The molecule has 0 aromatic rings. The SMILES string of the molecule is CN(CC1CCCOC1)C1CC2(CCC1N)OCCO2. The zero-order valence-electron chi connectivity index (χ0n) is 12.6. The lowest BCUT2D eigenvalue weighted by atomic mass is 9.84. The Hall–Kier alpha value is -0.200. The second-order valence-corrected chi connectivity index (χ2v) is 6.60. The molecule has 3 aliphatic rings. The first kappa shape index (κ1) is 14.7. The molecular weight excluding hydrogens is 256 g/mol. The smallest absolute Gasteiger partial charge is 0.170 e. The van der Waals surface area contributed by atoms with Crippen LogP contribution in [-0.4, -0.2) is 62.8 Å². The molecule has 1 spiro atoms. The van der Waals surface area contributed by atoms with E-state index >= 15 is 0 Å². The molecule has 5 heteroatoms. The van der Waals surface area contributed by atoms with Crippen molar-refractivity contribution in [3.05, 3.63) is 0 Å². The summed E-state index contributed by atoms with van der Waals surface area (Å²) in [5.74, 6) is 0.293. The summed E-state index contributed by atoms with van der Waals surface area (Å²) in [5.41, 5.74) is 6.35. The molecule has 2 heterocycles. The highest BCUT2D eigenvalue weighted by Crippen LogP contribution is 2.37. The predicted octanol–water partition coefficient (Wildman–Crippen LogP) is 0.968. The summed E-state index contributed by atoms with van der Waals surface area (Å²) in [7, 11) is 2.19. The Morgan fingerprint density at radius 1 is 1.20 bits per heavy atom. The molecule has 0 amide bonds. The van der Waals surface area contributed by atoms with Crippen LogP contribution in [0.15, 0.2) is 0 Å². The second kappa shape index (κ2) is 6.28. The molecule has 20 heavy (non-hydrogen) atoms. The lowest BCUT2D eigenvalue weighted by Gasteiger charge is -2.44. The summed E-state index contributed by atoms with van der Waals surface area (Å²) < 4.78 is 17.3. The first-order chi connectivity index (χ1) is 9.69. The van der Waals surface area contributed by atoms with Gasteiger partial charge in [0, 0.05) is 38.1 Å². The van der Waals surface area contributed by atoms with Crippen molar-refractivity contribution in [3.63, 3.8) is 0 Å². The Bertz CT molecular complexity index is 314. The molecule has 3 rings (SSSR count). The molecule has 3 unspecified atom stereocenters. The highest BCUT2D eigenvalue weighted by molar-refractivity contribution is 4.94. The zero-order valence-corrected chi connectivity index (χ0v) is 12.6. The van der Waals surface area contributed by atoms with Crippen LogP contribution < -0.4 is 5.73 Å². The number of nitrogens with two attached hydrogens (primary N) is 1. The van der Waals surface area contributed by atoms with Crippen molar-refractivity contribution in [1.82, 2.24) is 4.90 Å². The van der Waals surface area contributed by atoms with Gasteiger partial charge in [-0.2, -0.15) is 0 Å². The number of rotatable bonds is 3. The summed E-state index contributed by atoms with van der Waals surface area (Å²) in [6.07, 6.45) is 5.27. The maximum Gasteiger partial charge on any atom is 0.170 e. The van der Waals surface area contributed by atoms with Crippen LogP contribution in [0.3, 0.4) is 0 Å². The van der Waals surface area contributed by atoms with Gasteiger partial charge in [0.05, 0.1) is 19.8 Å². The number of likely N-dealkylation sites (N-methyl/N-ethyl adjacent to an activating group) is 1. The minimum absolute atomic E-state index is 0.225. The van der Waals surface area contributed by atoms with E-state index < -0.39 is 0 Å². The van der Waals surface area contributed by atoms with Crippen LogP contribution >= 0.6 is 0 Å². The van der Waals surface area contributed by atoms with Crippen molar-refractivity contribution < 1.29 is 14.2 Å². The largest absolute Gasteiger partial charge is 0.381 e. The standard InChI is InChI=1S/C15H28N2O3/c1-17(10-12-3-2-6-18-11-12)14-9-15(5-4-13(14)16)19-7-8-20-15/h12-14H,2-11,16H2,1H3. The van der Waals surface area contributed by atoms with E-state index in [9.17, 15) is 0 Å². The second-order valence-electron chi connectivity index (χ2n) is 6.60. The van der Waals surface area contributed by atoms with Gasteiger partial charge < -0.3 is 24.8 Å². The molecule has 0 bridgehead atoms. The van der Waals surface area contributed by atoms with E-state index in [2.05, 4.69) is 11.9 Å². The third-order valence-electron chi connectivity index (χ3n) is 5.05.